The molecule has 1 aromatic carbocycles. The van der Waals surface area contributed by atoms with Crippen molar-refractivity contribution in [3.8, 4) is 5.75 Å². The van der Waals surface area contributed by atoms with Gasteiger partial charge in [0.1, 0.15) is 12.4 Å². The maximum absolute atomic E-state index is 12.1. The lowest BCUT2D eigenvalue weighted by atomic mass is 10.0. The maximum Gasteiger partial charge on any atom is 0.261 e. The molecule has 3 nitrogen and oxygen atoms in total. The van der Waals surface area contributed by atoms with Gasteiger partial charge in [-0.25, -0.2) is 8.78 Å². The van der Waals surface area contributed by atoms with Crippen LogP contribution in [0.2, 0.25) is 0 Å². The Balaban J connectivity index is 1.94. The van der Waals surface area contributed by atoms with Crippen LogP contribution in [-0.2, 0) is 11.2 Å². The fourth-order valence-electron chi connectivity index (χ4n) is 2.50. The van der Waals surface area contributed by atoms with Crippen LogP contribution in [0.25, 0.3) is 0 Å². The molecule has 0 spiro atoms. The highest BCUT2D eigenvalue weighted by Crippen LogP contribution is 2.29. The number of hydrogen-bond acceptors (Lipinski definition) is 3. The molecule has 1 atom stereocenters. The van der Waals surface area contributed by atoms with Crippen molar-refractivity contribution in [3.05, 3.63) is 29.3 Å². The number of nitrogens with one attached hydrogen (secondary N) is 1. The Labute approximate surface area is 124 Å². The Bertz CT molecular complexity index is 440. The molecule has 1 aromatic rings. The van der Waals surface area contributed by atoms with Gasteiger partial charge in [0, 0.05) is 19.1 Å². The van der Waals surface area contributed by atoms with E-state index < -0.39 is 13.0 Å². The highest BCUT2D eigenvalue weighted by Gasteiger charge is 2.17. The van der Waals surface area contributed by atoms with Gasteiger partial charge >= 0.3 is 0 Å². The summed E-state index contributed by atoms with van der Waals surface area (Å²) in [6.45, 7) is 3.59. The highest BCUT2D eigenvalue weighted by molar-refractivity contribution is 5.40. The van der Waals surface area contributed by atoms with E-state index in [1.807, 2.05) is 12.1 Å². The number of ether oxygens (including phenoxy) is 2. The lowest BCUT2D eigenvalue weighted by molar-refractivity contribution is 0.0143. The number of rotatable bonds is 9. The monoisotopic (exact) mass is 299 g/mol. The molecule has 0 amide bonds. The van der Waals surface area contributed by atoms with Crippen LogP contribution in [-0.4, -0.2) is 32.8 Å². The molecule has 1 heterocycles. The molecule has 1 aliphatic rings. The minimum absolute atomic E-state index is 0.133. The van der Waals surface area contributed by atoms with Gasteiger partial charge in [0.05, 0.1) is 6.61 Å². The fraction of sp³-hybridized carbons (Fsp3) is 0.625. The van der Waals surface area contributed by atoms with E-state index in [4.69, 9.17) is 9.47 Å². The van der Waals surface area contributed by atoms with Crippen molar-refractivity contribution in [2.45, 2.75) is 38.7 Å². The number of halogens is 2. The predicted molar refractivity (Wildman–Crippen MR) is 78.1 cm³/mol. The van der Waals surface area contributed by atoms with Crippen molar-refractivity contribution < 1.29 is 18.3 Å². The van der Waals surface area contributed by atoms with E-state index in [1.165, 1.54) is 11.1 Å². The molecule has 0 fully saturated rings. The molecule has 0 saturated heterocycles. The second-order valence-corrected chi connectivity index (χ2v) is 5.23. The Kier molecular flexibility index (Phi) is 6.39. The van der Waals surface area contributed by atoms with Gasteiger partial charge in [-0.2, -0.15) is 0 Å². The first-order valence-electron chi connectivity index (χ1n) is 7.55. The van der Waals surface area contributed by atoms with Crippen LogP contribution in [0.5, 0.6) is 5.75 Å². The topological polar surface area (TPSA) is 30.5 Å². The van der Waals surface area contributed by atoms with Crippen LogP contribution in [0.4, 0.5) is 8.78 Å². The van der Waals surface area contributed by atoms with Crippen LogP contribution in [0, 0.1) is 0 Å². The molecule has 21 heavy (non-hydrogen) atoms. The standard InChI is InChI=1S/C16H23F2NO2/c1-2-7-19-14(6-8-20-11-16(17)18)12-3-4-15-13(10-12)5-9-21-15/h3-4,10,14,16,19H,2,5-9,11H2,1H3. The van der Waals surface area contributed by atoms with Crippen LogP contribution in [0.15, 0.2) is 18.2 Å². The summed E-state index contributed by atoms with van der Waals surface area (Å²) in [4.78, 5) is 0. The molecule has 1 aliphatic heterocycles. The predicted octanol–water partition coefficient (Wildman–Crippen LogP) is 3.33. The summed E-state index contributed by atoms with van der Waals surface area (Å²) in [6, 6.07) is 6.33. The summed E-state index contributed by atoms with van der Waals surface area (Å²) in [7, 11) is 0. The van der Waals surface area contributed by atoms with Crippen LogP contribution >= 0.6 is 0 Å². The molecule has 0 aliphatic carbocycles. The average Bonchev–Trinajstić information content (AvgIpc) is 2.93. The highest BCUT2D eigenvalue weighted by atomic mass is 19.3. The Morgan fingerprint density at radius 3 is 3.00 bits per heavy atom. The van der Waals surface area contributed by atoms with Gasteiger partial charge in [-0.3, -0.25) is 0 Å². The second kappa shape index (κ2) is 8.29. The van der Waals surface area contributed by atoms with Crippen molar-refractivity contribution in [1.82, 2.24) is 5.32 Å². The van der Waals surface area contributed by atoms with E-state index in [1.54, 1.807) is 0 Å². The van der Waals surface area contributed by atoms with Crippen molar-refractivity contribution in [1.29, 1.82) is 0 Å². The van der Waals surface area contributed by atoms with Gasteiger partial charge in [0.15, 0.2) is 0 Å². The molecule has 0 aromatic heterocycles. The molecule has 0 radical (unpaired) electrons. The second-order valence-electron chi connectivity index (χ2n) is 5.23. The molecule has 118 valence electrons. The Morgan fingerprint density at radius 1 is 1.38 bits per heavy atom. The van der Waals surface area contributed by atoms with E-state index in [0.717, 1.165) is 31.7 Å². The number of fused-ring (bicyclic) bond motifs is 1. The SMILES string of the molecule is CCCNC(CCOCC(F)F)c1ccc2c(c1)CCO2. The molecular weight excluding hydrogens is 276 g/mol. The summed E-state index contributed by atoms with van der Waals surface area (Å²) in [5.74, 6) is 0.960. The van der Waals surface area contributed by atoms with Crippen LogP contribution in [0.1, 0.15) is 36.9 Å². The first-order valence-corrected chi connectivity index (χ1v) is 7.55. The number of hydrogen-bond donors (Lipinski definition) is 1. The van der Waals surface area contributed by atoms with Gasteiger partial charge in [-0.15, -0.1) is 0 Å². The summed E-state index contributed by atoms with van der Waals surface area (Å²) in [6.07, 6.45) is 0.254. The third-order valence-electron chi connectivity index (χ3n) is 3.55. The van der Waals surface area contributed by atoms with Gasteiger partial charge in [0.25, 0.3) is 6.43 Å². The molecule has 1 unspecified atom stereocenters. The first kappa shape index (κ1) is 16.2. The maximum atomic E-state index is 12.1. The summed E-state index contributed by atoms with van der Waals surface area (Å²) < 4.78 is 34.7. The van der Waals surface area contributed by atoms with Crippen molar-refractivity contribution >= 4 is 0 Å². The average molecular weight is 299 g/mol. The molecule has 5 heteroatoms. The minimum atomic E-state index is -2.40. The minimum Gasteiger partial charge on any atom is -0.493 e. The molecule has 1 N–H and O–H groups in total. The third-order valence-corrected chi connectivity index (χ3v) is 3.55. The van der Waals surface area contributed by atoms with E-state index in [-0.39, 0.29) is 6.04 Å². The third kappa shape index (κ3) is 4.93. The lowest BCUT2D eigenvalue weighted by Crippen LogP contribution is -2.24. The van der Waals surface area contributed by atoms with Crippen LogP contribution in [0.3, 0.4) is 0 Å². The van der Waals surface area contributed by atoms with Gasteiger partial charge < -0.3 is 14.8 Å². The number of alkyl halides is 2. The van der Waals surface area contributed by atoms with E-state index in [2.05, 4.69) is 18.3 Å². The van der Waals surface area contributed by atoms with Gasteiger partial charge in [0.2, 0.25) is 0 Å². The van der Waals surface area contributed by atoms with Gasteiger partial charge in [-0.05, 0) is 36.6 Å². The lowest BCUT2D eigenvalue weighted by Gasteiger charge is -2.19. The van der Waals surface area contributed by atoms with E-state index in [0.29, 0.717) is 13.0 Å². The molecule has 0 bridgehead atoms. The normalized spacial score (nSPS) is 15.0. The van der Waals surface area contributed by atoms with Crippen molar-refractivity contribution in [2.75, 3.05) is 26.4 Å². The largest absolute Gasteiger partial charge is 0.493 e. The summed E-state index contributed by atoms with van der Waals surface area (Å²) >= 11 is 0. The molecule has 2 rings (SSSR count). The quantitative estimate of drug-likeness (QED) is 0.709. The number of benzene rings is 1. The Hall–Kier alpha value is -1.20. The van der Waals surface area contributed by atoms with Crippen LogP contribution < -0.4 is 10.1 Å². The molecular formula is C16H23F2NO2. The Morgan fingerprint density at radius 2 is 2.24 bits per heavy atom. The first-order chi connectivity index (χ1) is 10.2. The summed E-state index contributed by atoms with van der Waals surface area (Å²) in [5.41, 5.74) is 2.40. The zero-order valence-corrected chi connectivity index (χ0v) is 12.4. The smallest absolute Gasteiger partial charge is 0.261 e. The van der Waals surface area contributed by atoms with E-state index >= 15 is 0 Å². The summed E-state index contributed by atoms with van der Waals surface area (Å²) in [5, 5.41) is 3.46. The van der Waals surface area contributed by atoms with E-state index in [9.17, 15) is 8.78 Å². The fourth-order valence-corrected chi connectivity index (χ4v) is 2.50. The van der Waals surface area contributed by atoms with Gasteiger partial charge in [-0.1, -0.05) is 19.1 Å². The molecule has 0 saturated carbocycles. The zero-order chi connectivity index (χ0) is 15.1. The van der Waals surface area contributed by atoms with Crippen molar-refractivity contribution in [3.63, 3.8) is 0 Å². The zero-order valence-electron chi connectivity index (χ0n) is 12.4. The van der Waals surface area contributed by atoms with Crippen molar-refractivity contribution in [2.24, 2.45) is 0 Å².